The molecule has 0 spiro atoms. The molecule has 3 aliphatic rings. The summed E-state index contributed by atoms with van der Waals surface area (Å²) in [5.74, 6) is 0.677. The summed E-state index contributed by atoms with van der Waals surface area (Å²) in [6, 6.07) is 13.2. The van der Waals surface area contributed by atoms with Gasteiger partial charge in [0.25, 0.3) is 0 Å². The zero-order valence-electron chi connectivity index (χ0n) is 18.9. The van der Waals surface area contributed by atoms with Gasteiger partial charge >= 0.3 is 0 Å². The fourth-order valence-electron chi connectivity index (χ4n) is 4.64. The third kappa shape index (κ3) is 3.94. The Morgan fingerprint density at radius 1 is 1.00 bits per heavy atom. The number of amidine groups is 1. The Morgan fingerprint density at radius 2 is 1.81 bits per heavy atom. The van der Waals surface area contributed by atoms with Gasteiger partial charge in [0.1, 0.15) is 5.84 Å². The predicted molar refractivity (Wildman–Crippen MR) is 132 cm³/mol. The number of nitrogens with zero attached hydrogens (tertiary/aromatic N) is 5. The summed E-state index contributed by atoms with van der Waals surface area (Å²) in [4.78, 5) is 19.0. The molecule has 0 atom stereocenters. The van der Waals surface area contributed by atoms with Crippen molar-refractivity contribution in [2.75, 3.05) is 44.2 Å². The molecule has 1 aromatic carbocycles. The minimum atomic E-state index is 0.654. The van der Waals surface area contributed by atoms with E-state index in [0.29, 0.717) is 11.9 Å². The van der Waals surface area contributed by atoms with Crippen LogP contribution in [0.15, 0.2) is 47.6 Å². The van der Waals surface area contributed by atoms with Crippen LogP contribution in [0.3, 0.4) is 0 Å². The van der Waals surface area contributed by atoms with Crippen LogP contribution in [0.1, 0.15) is 19.4 Å². The van der Waals surface area contributed by atoms with Gasteiger partial charge < -0.3 is 16.0 Å². The number of hydrogen-bond acceptors (Lipinski definition) is 7. The number of anilines is 1. The number of aromatic nitrogens is 2. The van der Waals surface area contributed by atoms with Gasteiger partial charge in [-0.3, -0.25) is 9.88 Å². The zero-order chi connectivity index (χ0) is 22.1. The number of fused-ring (bicyclic) bond motifs is 2. The van der Waals surface area contributed by atoms with Gasteiger partial charge in [-0.05, 0) is 29.8 Å². The molecular formula is C25H31N7. The smallest absolute Gasteiger partial charge is 0.104 e. The number of hydrogen-bond donors (Lipinski definition) is 2. The summed E-state index contributed by atoms with van der Waals surface area (Å²) < 4.78 is 0. The summed E-state index contributed by atoms with van der Waals surface area (Å²) >= 11 is 0. The maximum atomic E-state index is 5.88. The van der Waals surface area contributed by atoms with Crippen LogP contribution in [0.4, 0.5) is 11.4 Å². The van der Waals surface area contributed by atoms with Crippen molar-refractivity contribution >= 4 is 28.2 Å². The highest BCUT2D eigenvalue weighted by atomic mass is 15.3. The lowest BCUT2D eigenvalue weighted by Crippen LogP contribution is -2.62. The molecule has 166 valence electrons. The molecule has 3 aliphatic heterocycles. The summed E-state index contributed by atoms with van der Waals surface area (Å²) in [5.41, 5.74) is 13.0. The van der Waals surface area contributed by atoms with Crippen LogP contribution in [0.5, 0.6) is 0 Å². The quantitative estimate of drug-likeness (QED) is 0.666. The second-order valence-corrected chi connectivity index (χ2v) is 8.40. The molecule has 0 aliphatic carbocycles. The standard InChI is InChI=1S/C23H25N7.C2H6/c24-23-10-16-2-1-15(9-21(16)28-23)19-3-4-20-22(27-19)11-17(12-26-20)30-13-18(14-30)29-7-5-25-6-8-29;1-2/h1-4,9,11-12,18,25H,5-8,10,13-14H2,(H2,24,28);1-2H3. The summed E-state index contributed by atoms with van der Waals surface area (Å²) in [6.45, 7) is 10.6. The van der Waals surface area contributed by atoms with Crippen LogP contribution in [0.25, 0.3) is 22.3 Å². The number of nitrogens with one attached hydrogen (secondary N) is 1. The van der Waals surface area contributed by atoms with Crippen molar-refractivity contribution in [1.82, 2.24) is 20.2 Å². The van der Waals surface area contributed by atoms with E-state index in [2.05, 4.69) is 49.4 Å². The minimum absolute atomic E-state index is 0.654. The molecule has 2 aromatic heterocycles. The molecule has 7 nitrogen and oxygen atoms in total. The Balaban J connectivity index is 0.00000105. The monoisotopic (exact) mass is 429 g/mol. The third-order valence-corrected chi connectivity index (χ3v) is 6.44. The fraction of sp³-hybridized carbons (Fsp3) is 0.400. The summed E-state index contributed by atoms with van der Waals surface area (Å²) in [7, 11) is 0. The number of benzene rings is 1. The average molecular weight is 430 g/mol. The Morgan fingerprint density at radius 3 is 2.62 bits per heavy atom. The van der Waals surface area contributed by atoms with E-state index in [0.717, 1.165) is 79.4 Å². The van der Waals surface area contributed by atoms with Crippen LogP contribution in [0.2, 0.25) is 0 Å². The largest absolute Gasteiger partial charge is 0.387 e. The molecule has 7 heteroatoms. The second kappa shape index (κ2) is 8.84. The molecular weight excluding hydrogens is 398 g/mol. The van der Waals surface area contributed by atoms with Crippen molar-refractivity contribution in [2.45, 2.75) is 26.3 Å². The first-order valence-electron chi connectivity index (χ1n) is 11.7. The number of piperazine rings is 1. The Labute approximate surface area is 189 Å². The van der Waals surface area contributed by atoms with E-state index in [1.807, 2.05) is 32.2 Å². The zero-order valence-corrected chi connectivity index (χ0v) is 18.9. The number of pyridine rings is 2. The van der Waals surface area contributed by atoms with Crippen LogP contribution >= 0.6 is 0 Å². The van der Waals surface area contributed by atoms with E-state index in [4.69, 9.17) is 10.7 Å². The van der Waals surface area contributed by atoms with Crippen molar-refractivity contribution < 1.29 is 0 Å². The van der Waals surface area contributed by atoms with E-state index < -0.39 is 0 Å². The predicted octanol–water partition coefficient (Wildman–Crippen LogP) is 2.96. The summed E-state index contributed by atoms with van der Waals surface area (Å²) in [6.07, 6.45) is 2.71. The van der Waals surface area contributed by atoms with Crippen molar-refractivity contribution in [3.63, 3.8) is 0 Å². The van der Waals surface area contributed by atoms with Gasteiger partial charge in [-0.15, -0.1) is 0 Å². The SMILES string of the molecule is CC.NC1=Nc2cc(-c3ccc4ncc(N5CC(N6CCNCC6)C5)cc4n3)ccc2C1. The van der Waals surface area contributed by atoms with Crippen LogP contribution in [0, 0.1) is 0 Å². The van der Waals surface area contributed by atoms with E-state index in [1.165, 1.54) is 5.56 Å². The average Bonchev–Trinajstić information content (AvgIpc) is 3.19. The molecule has 0 radical (unpaired) electrons. The first-order chi connectivity index (χ1) is 15.7. The first kappa shape index (κ1) is 20.8. The van der Waals surface area contributed by atoms with Crippen LogP contribution < -0.4 is 16.0 Å². The molecule has 5 heterocycles. The molecule has 32 heavy (non-hydrogen) atoms. The molecule has 0 bridgehead atoms. The minimum Gasteiger partial charge on any atom is -0.387 e. The molecule has 2 saturated heterocycles. The highest BCUT2D eigenvalue weighted by Crippen LogP contribution is 2.32. The lowest BCUT2D eigenvalue weighted by molar-refractivity contribution is 0.147. The van der Waals surface area contributed by atoms with E-state index in [9.17, 15) is 0 Å². The van der Waals surface area contributed by atoms with Gasteiger partial charge in [-0.2, -0.15) is 0 Å². The first-order valence-corrected chi connectivity index (χ1v) is 11.7. The topological polar surface area (TPSA) is 82.7 Å². The Hall–Kier alpha value is -3.03. The van der Waals surface area contributed by atoms with Crippen molar-refractivity contribution in [2.24, 2.45) is 10.7 Å². The maximum absolute atomic E-state index is 5.88. The normalized spacial score (nSPS) is 18.6. The van der Waals surface area contributed by atoms with Gasteiger partial charge in [-0.25, -0.2) is 9.98 Å². The van der Waals surface area contributed by atoms with Crippen molar-refractivity contribution in [3.8, 4) is 11.3 Å². The van der Waals surface area contributed by atoms with Crippen molar-refractivity contribution in [1.29, 1.82) is 0 Å². The van der Waals surface area contributed by atoms with E-state index in [1.54, 1.807) is 0 Å². The highest BCUT2D eigenvalue weighted by molar-refractivity contribution is 5.92. The van der Waals surface area contributed by atoms with Gasteiger partial charge in [-0.1, -0.05) is 26.0 Å². The van der Waals surface area contributed by atoms with E-state index in [-0.39, 0.29) is 0 Å². The molecule has 3 N–H and O–H groups in total. The van der Waals surface area contributed by atoms with Gasteiger partial charge in [0.2, 0.25) is 0 Å². The highest BCUT2D eigenvalue weighted by Gasteiger charge is 2.32. The molecule has 0 saturated carbocycles. The van der Waals surface area contributed by atoms with Crippen molar-refractivity contribution in [3.05, 3.63) is 48.2 Å². The molecule has 0 amide bonds. The summed E-state index contributed by atoms with van der Waals surface area (Å²) in [5, 5.41) is 3.43. The molecule has 6 rings (SSSR count). The second-order valence-electron chi connectivity index (χ2n) is 8.40. The molecule has 3 aromatic rings. The lowest BCUT2D eigenvalue weighted by atomic mass is 10.0. The van der Waals surface area contributed by atoms with Gasteiger partial charge in [0.05, 0.1) is 34.3 Å². The fourth-order valence-corrected chi connectivity index (χ4v) is 4.64. The van der Waals surface area contributed by atoms with Gasteiger partial charge in [0, 0.05) is 57.3 Å². The van der Waals surface area contributed by atoms with Gasteiger partial charge in [0.15, 0.2) is 0 Å². The lowest BCUT2D eigenvalue weighted by Gasteiger charge is -2.47. The Kier molecular flexibility index (Phi) is 5.76. The number of rotatable bonds is 3. The molecule has 2 fully saturated rings. The maximum Gasteiger partial charge on any atom is 0.104 e. The number of aliphatic imine (C=N–C) groups is 1. The molecule has 0 unspecified atom stereocenters. The van der Waals surface area contributed by atoms with Crippen LogP contribution in [-0.2, 0) is 6.42 Å². The number of nitrogens with two attached hydrogens (primary N) is 1. The van der Waals surface area contributed by atoms with E-state index >= 15 is 0 Å². The van der Waals surface area contributed by atoms with Crippen LogP contribution in [-0.4, -0.2) is 66.0 Å². The third-order valence-electron chi connectivity index (χ3n) is 6.44. The Bertz CT molecular complexity index is 1140.